The van der Waals surface area contributed by atoms with Crippen LogP contribution >= 0.6 is 0 Å². The summed E-state index contributed by atoms with van der Waals surface area (Å²) in [5, 5.41) is 13.7. The fraction of sp³-hybridized carbons (Fsp3) is 0.450. The minimum Gasteiger partial charge on any atom is -0.481 e. The Kier molecular flexibility index (Phi) is 4.68. The first kappa shape index (κ1) is 17.7. The van der Waals surface area contributed by atoms with Gasteiger partial charge in [-0.2, -0.15) is 5.10 Å². The van der Waals surface area contributed by atoms with Crippen LogP contribution in [-0.2, 0) is 17.6 Å². The highest BCUT2D eigenvalue weighted by Crippen LogP contribution is 2.29. The molecule has 1 N–H and O–H groups in total. The molecule has 0 bridgehead atoms. The van der Waals surface area contributed by atoms with Gasteiger partial charge in [-0.25, -0.2) is 9.07 Å². The van der Waals surface area contributed by atoms with Gasteiger partial charge in [0.25, 0.3) is 5.91 Å². The van der Waals surface area contributed by atoms with Crippen LogP contribution in [0.3, 0.4) is 0 Å². The van der Waals surface area contributed by atoms with Crippen molar-refractivity contribution in [3.63, 3.8) is 0 Å². The Hall–Kier alpha value is -2.70. The first-order chi connectivity index (χ1) is 13.0. The molecule has 2 aliphatic rings. The zero-order valence-electron chi connectivity index (χ0n) is 15.0. The van der Waals surface area contributed by atoms with E-state index in [2.05, 4.69) is 5.10 Å². The Morgan fingerprint density at radius 2 is 1.89 bits per heavy atom. The molecule has 4 rings (SSSR count). The second-order valence-corrected chi connectivity index (χ2v) is 7.28. The number of likely N-dealkylation sites (tertiary alicyclic amines) is 1. The van der Waals surface area contributed by atoms with Gasteiger partial charge in [0, 0.05) is 24.3 Å². The number of fused-ring (bicyclic) bond motifs is 1. The number of amides is 1. The van der Waals surface area contributed by atoms with Crippen molar-refractivity contribution < 1.29 is 19.1 Å². The second kappa shape index (κ2) is 7.13. The van der Waals surface area contributed by atoms with E-state index >= 15 is 0 Å². The second-order valence-electron chi connectivity index (χ2n) is 7.28. The first-order valence-corrected chi connectivity index (χ1v) is 9.43. The quantitative estimate of drug-likeness (QED) is 0.900. The third-order valence-corrected chi connectivity index (χ3v) is 5.57. The maximum atomic E-state index is 13.7. The summed E-state index contributed by atoms with van der Waals surface area (Å²) in [6.07, 6.45) is 4.56. The van der Waals surface area contributed by atoms with Gasteiger partial charge < -0.3 is 10.0 Å². The number of carbonyl (C=O) groups is 2. The molecule has 1 aliphatic carbocycles. The van der Waals surface area contributed by atoms with Gasteiger partial charge in [0.05, 0.1) is 11.6 Å². The lowest BCUT2D eigenvalue weighted by Crippen LogP contribution is -2.40. The molecule has 0 atom stereocenters. The molecular formula is C20H22FN3O3. The minimum atomic E-state index is -0.796. The van der Waals surface area contributed by atoms with Gasteiger partial charge in [-0.1, -0.05) is 6.07 Å². The normalized spacial score (nSPS) is 17.6. The number of carbonyl (C=O) groups excluding carboxylic acids is 1. The van der Waals surface area contributed by atoms with Crippen molar-refractivity contribution in [2.75, 3.05) is 13.1 Å². The van der Waals surface area contributed by atoms with E-state index < -0.39 is 5.97 Å². The number of aromatic nitrogens is 2. The van der Waals surface area contributed by atoms with Gasteiger partial charge in [0.2, 0.25) is 0 Å². The van der Waals surface area contributed by atoms with Crippen LogP contribution in [0.15, 0.2) is 24.3 Å². The molecule has 1 amide bonds. The zero-order chi connectivity index (χ0) is 19.0. The van der Waals surface area contributed by atoms with Gasteiger partial charge in [-0.05, 0) is 56.7 Å². The van der Waals surface area contributed by atoms with Crippen LogP contribution in [0, 0.1) is 11.7 Å². The van der Waals surface area contributed by atoms with E-state index in [0.29, 0.717) is 37.3 Å². The molecule has 1 fully saturated rings. The number of piperidine rings is 1. The predicted octanol–water partition coefficient (Wildman–Crippen LogP) is 2.83. The summed E-state index contributed by atoms with van der Waals surface area (Å²) in [7, 11) is 0. The summed E-state index contributed by atoms with van der Waals surface area (Å²) in [4.78, 5) is 25.9. The van der Waals surface area contributed by atoms with Crippen LogP contribution in [0.1, 0.15) is 47.4 Å². The van der Waals surface area contributed by atoms with E-state index in [1.54, 1.807) is 21.7 Å². The van der Waals surface area contributed by atoms with E-state index in [1.165, 1.54) is 12.1 Å². The lowest BCUT2D eigenvalue weighted by Gasteiger charge is -2.29. The van der Waals surface area contributed by atoms with Crippen LogP contribution < -0.4 is 0 Å². The molecule has 2 heterocycles. The Balaban J connectivity index is 1.65. The Morgan fingerprint density at radius 1 is 1.15 bits per heavy atom. The lowest BCUT2D eigenvalue weighted by molar-refractivity contribution is -0.143. The third kappa shape index (κ3) is 3.34. The predicted molar refractivity (Wildman–Crippen MR) is 96.4 cm³/mol. The van der Waals surface area contributed by atoms with Gasteiger partial charge in [0.15, 0.2) is 5.69 Å². The number of hydrogen-bond acceptors (Lipinski definition) is 3. The number of nitrogens with zero attached hydrogens (tertiary/aromatic N) is 3. The molecule has 142 valence electrons. The number of rotatable bonds is 3. The van der Waals surface area contributed by atoms with Crippen LogP contribution in [0.5, 0.6) is 0 Å². The Morgan fingerprint density at radius 3 is 2.59 bits per heavy atom. The van der Waals surface area contributed by atoms with Gasteiger partial charge in [-0.15, -0.1) is 0 Å². The highest BCUT2D eigenvalue weighted by Gasteiger charge is 2.32. The molecule has 0 spiro atoms. The zero-order valence-corrected chi connectivity index (χ0v) is 15.0. The molecule has 1 aromatic carbocycles. The van der Waals surface area contributed by atoms with Crippen LogP contribution in [-0.4, -0.2) is 44.8 Å². The average molecular weight is 371 g/mol. The fourth-order valence-corrected chi connectivity index (χ4v) is 4.07. The molecule has 0 unspecified atom stereocenters. The maximum Gasteiger partial charge on any atom is 0.306 e. The van der Waals surface area contributed by atoms with E-state index in [-0.39, 0.29) is 17.6 Å². The molecule has 0 saturated carbocycles. The van der Waals surface area contributed by atoms with E-state index in [0.717, 1.165) is 36.9 Å². The highest BCUT2D eigenvalue weighted by atomic mass is 19.1. The van der Waals surface area contributed by atoms with Crippen molar-refractivity contribution in [3.8, 4) is 5.69 Å². The summed E-state index contributed by atoms with van der Waals surface area (Å²) < 4.78 is 15.4. The molecule has 1 saturated heterocycles. The van der Waals surface area contributed by atoms with E-state index in [9.17, 15) is 14.0 Å². The van der Waals surface area contributed by atoms with Crippen molar-refractivity contribution in [3.05, 3.63) is 47.0 Å². The fourth-order valence-electron chi connectivity index (χ4n) is 4.07. The molecule has 1 aliphatic heterocycles. The van der Waals surface area contributed by atoms with Gasteiger partial charge >= 0.3 is 5.97 Å². The molecule has 2 aromatic rings. The van der Waals surface area contributed by atoms with Crippen LogP contribution in [0.4, 0.5) is 4.39 Å². The summed E-state index contributed by atoms with van der Waals surface area (Å²) in [5.74, 6) is -1.66. The summed E-state index contributed by atoms with van der Waals surface area (Å²) >= 11 is 0. The van der Waals surface area contributed by atoms with Crippen molar-refractivity contribution in [1.82, 2.24) is 14.7 Å². The van der Waals surface area contributed by atoms with Crippen molar-refractivity contribution in [2.45, 2.75) is 38.5 Å². The first-order valence-electron chi connectivity index (χ1n) is 9.43. The van der Waals surface area contributed by atoms with Crippen molar-refractivity contribution >= 4 is 11.9 Å². The van der Waals surface area contributed by atoms with Crippen LogP contribution in [0.2, 0.25) is 0 Å². The number of halogens is 1. The van der Waals surface area contributed by atoms with E-state index in [1.807, 2.05) is 0 Å². The molecule has 7 heteroatoms. The molecule has 27 heavy (non-hydrogen) atoms. The molecular weight excluding hydrogens is 349 g/mol. The van der Waals surface area contributed by atoms with Crippen molar-refractivity contribution in [1.29, 1.82) is 0 Å². The molecule has 1 aromatic heterocycles. The third-order valence-electron chi connectivity index (χ3n) is 5.57. The van der Waals surface area contributed by atoms with Gasteiger partial charge in [0.1, 0.15) is 5.82 Å². The SMILES string of the molecule is O=C(O)C1CCN(C(=O)c2nn(-c3cccc(F)c3)c3c2CCCC3)CC1. The molecule has 6 nitrogen and oxygen atoms in total. The number of hydrogen-bond donors (Lipinski definition) is 1. The Labute approximate surface area is 156 Å². The topological polar surface area (TPSA) is 75.4 Å². The summed E-state index contributed by atoms with van der Waals surface area (Å²) in [6.45, 7) is 0.856. The number of carboxylic acids is 1. The maximum absolute atomic E-state index is 13.7. The lowest BCUT2D eigenvalue weighted by atomic mass is 9.94. The Bertz CT molecular complexity index is 885. The number of benzene rings is 1. The highest BCUT2D eigenvalue weighted by molar-refractivity contribution is 5.94. The number of aliphatic carboxylic acids is 1. The van der Waals surface area contributed by atoms with E-state index in [4.69, 9.17) is 5.11 Å². The summed E-state index contributed by atoms with van der Waals surface area (Å²) in [6, 6.07) is 6.24. The average Bonchev–Trinajstić information content (AvgIpc) is 3.07. The molecule has 0 radical (unpaired) electrons. The number of carboxylic acid groups (broad SMARTS) is 1. The van der Waals surface area contributed by atoms with Crippen molar-refractivity contribution in [2.24, 2.45) is 5.92 Å². The van der Waals surface area contributed by atoms with Crippen LogP contribution in [0.25, 0.3) is 5.69 Å². The summed E-state index contributed by atoms with van der Waals surface area (Å²) in [5.41, 5.74) is 2.99. The van der Waals surface area contributed by atoms with Gasteiger partial charge in [-0.3, -0.25) is 9.59 Å². The monoisotopic (exact) mass is 371 g/mol. The largest absolute Gasteiger partial charge is 0.481 e. The smallest absolute Gasteiger partial charge is 0.306 e. The standard InChI is InChI=1S/C20H22FN3O3/c21-14-4-3-5-15(12-14)24-17-7-2-1-6-16(17)18(22-24)19(25)23-10-8-13(9-11-23)20(26)27/h3-5,12-13H,1-2,6-11H2,(H,26,27). The minimum absolute atomic E-state index is 0.146.